The van der Waals surface area contributed by atoms with Gasteiger partial charge in [-0.15, -0.1) is 0 Å². The molecule has 2 aromatic rings. The third-order valence-corrected chi connectivity index (χ3v) is 3.17. The molecule has 0 aromatic heterocycles. The number of para-hydroxylation sites is 2. The normalized spacial score (nSPS) is 17.5. The van der Waals surface area contributed by atoms with Gasteiger partial charge in [0.2, 0.25) is 0 Å². The molecular formula is C15H12N2O. The molecule has 0 saturated heterocycles. The number of rotatable bonds is 1. The quantitative estimate of drug-likeness (QED) is 0.773. The Morgan fingerprint density at radius 3 is 2.39 bits per heavy atom. The van der Waals surface area contributed by atoms with Crippen LogP contribution in [0.1, 0.15) is 5.56 Å². The molecule has 1 aliphatic heterocycles. The monoisotopic (exact) mass is 236 g/mol. The van der Waals surface area contributed by atoms with Gasteiger partial charge in [-0.1, -0.05) is 36.4 Å². The second kappa shape index (κ2) is 4.15. The number of anilines is 2. The van der Waals surface area contributed by atoms with Crippen LogP contribution in [0.5, 0.6) is 0 Å². The van der Waals surface area contributed by atoms with Gasteiger partial charge in [0.1, 0.15) is 12.1 Å². The summed E-state index contributed by atoms with van der Waals surface area (Å²) >= 11 is 0. The van der Waals surface area contributed by atoms with Gasteiger partial charge in [-0.3, -0.25) is 0 Å². The topological polar surface area (TPSA) is 46.3 Å². The van der Waals surface area contributed by atoms with Crippen molar-refractivity contribution in [1.29, 1.82) is 0 Å². The van der Waals surface area contributed by atoms with Crippen LogP contribution >= 0.6 is 0 Å². The average molecular weight is 236 g/mol. The molecular weight excluding hydrogens is 224 g/mol. The fourth-order valence-electron chi connectivity index (χ4n) is 2.35. The van der Waals surface area contributed by atoms with E-state index in [1.165, 1.54) is 0 Å². The summed E-state index contributed by atoms with van der Waals surface area (Å²) in [5.41, 5.74) is 9.44. The van der Waals surface area contributed by atoms with Crippen molar-refractivity contribution < 1.29 is 4.79 Å². The number of benzene rings is 2. The van der Waals surface area contributed by atoms with E-state index in [-0.39, 0.29) is 0 Å². The van der Waals surface area contributed by atoms with Crippen molar-refractivity contribution in [3.63, 3.8) is 0 Å². The average Bonchev–Trinajstić information content (AvgIpc) is 2.71. The summed E-state index contributed by atoms with van der Waals surface area (Å²) in [4.78, 5) is 13.0. The highest BCUT2D eigenvalue weighted by molar-refractivity contribution is 6.01. The Morgan fingerprint density at radius 2 is 1.67 bits per heavy atom. The largest absolute Gasteiger partial charge is 0.320 e. The Hall–Kier alpha value is -2.35. The van der Waals surface area contributed by atoms with Crippen LogP contribution in [-0.4, -0.2) is 12.1 Å². The van der Waals surface area contributed by atoms with Gasteiger partial charge >= 0.3 is 0 Å². The Bertz CT molecular complexity index is 630. The van der Waals surface area contributed by atoms with E-state index in [2.05, 4.69) is 0 Å². The second-order valence-electron chi connectivity index (χ2n) is 4.18. The summed E-state index contributed by atoms with van der Waals surface area (Å²) in [6, 6.07) is 17.5. The lowest BCUT2D eigenvalue weighted by atomic mass is 10.1. The van der Waals surface area contributed by atoms with E-state index in [1.54, 1.807) is 0 Å². The van der Waals surface area contributed by atoms with Crippen LogP contribution in [0.15, 0.2) is 54.6 Å². The predicted molar refractivity (Wildman–Crippen MR) is 72.1 cm³/mol. The first-order valence-electron chi connectivity index (χ1n) is 5.77. The molecule has 1 aliphatic rings. The molecule has 1 heterocycles. The van der Waals surface area contributed by atoms with Crippen LogP contribution in [0.3, 0.4) is 0 Å². The third kappa shape index (κ3) is 1.46. The molecule has 0 bridgehead atoms. The zero-order valence-electron chi connectivity index (χ0n) is 9.71. The molecule has 0 aliphatic carbocycles. The van der Waals surface area contributed by atoms with E-state index in [1.807, 2.05) is 65.4 Å². The van der Waals surface area contributed by atoms with Crippen molar-refractivity contribution in [3.8, 4) is 0 Å². The van der Waals surface area contributed by atoms with Gasteiger partial charge < -0.3 is 10.6 Å². The zero-order chi connectivity index (χ0) is 12.5. The molecule has 1 atom stereocenters. The minimum absolute atomic E-state index is 0.470. The number of nitrogens with two attached hydrogens (primary N) is 1. The Kier molecular flexibility index (Phi) is 2.49. The Labute approximate surface area is 105 Å². The third-order valence-electron chi connectivity index (χ3n) is 3.17. The summed E-state index contributed by atoms with van der Waals surface area (Å²) in [6.07, 6.45) is -0.470. The maximum Gasteiger partial charge on any atom is 0.132 e. The first-order chi connectivity index (χ1) is 8.83. The Balaban J connectivity index is 2.21. The van der Waals surface area contributed by atoms with Crippen LogP contribution < -0.4 is 10.6 Å². The highest BCUT2D eigenvalue weighted by atomic mass is 16.1. The molecule has 2 N–H and O–H groups in total. The number of carbonyl (C=O) groups excluding carboxylic acids is 1. The van der Waals surface area contributed by atoms with Gasteiger partial charge in [-0.2, -0.15) is 0 Å². The summed E-state index contributed by atoms with van der Waals surface area (Å²) in [6.45, 7) is 0. The minimum atomic E-state index is -0.470. The minimum Gasteiger partial charge on any atom is -0.320 e. The first-order valence-corrected chi connectivity index (χ1v) is 5.77. The van der Waals surface area contributed by atoms with Crippen molar-refractivity contribution >= 4 is 22.9 Å². The van der Waals surface area contributed by atoms with E-state index in [0.717, 1.165) is 16.9 Å². The summed E-state index contributed by atoms with van der Waals surface area (Å²) in [5, 5.41) is 0. The van der Waals surface area contributed by atoms with Crippen molar-refractivity contribution in [2.75, 3.05) is 4.90 Å². The van der Waals surface area contributed by atoms with Crippen LogP contribution in [-0.2, 0) is 4.79 Å². The fourth-order valence-corrected chi connectivity index (χ4v) is 2.35. The van der Waals surface area contributed by atoms with E-state index in [9.17, 15) is 4.79 Å². The zero-order valence-corrected chi connectivity index (χ0v) is 9.71. The molecule has 0 radical (unpaired) electrons. The lowest BCUT2D eigenvalue weighted by molar-refractivity contribution is 0.568. The van der Waals surface area contributed by atoms with Crippen LogP contribution in [0.25, 0.3) is 5.57 Å². The van der Waals surface area contributed by atoms with Crippen LogP contribution in [0.2, 0.25) is 0 Å². The van der Waals surface area contributed by atoms with Crippen molar-refractivity contribution in [2.24, 2.45) is 5.73 Å². The molecule has 0 spiro atoms. The van der Waals surface area contributed by atoms with Crippen LogP contribution in [0, 0.1) is 0 Å². The highest BCUT2D eigenvalue weighted by Crippen LogP contribution is 2.41. The molecule has 1 unspecified atom stereocenters. The van der Waals surface area contributed by atoms with Crippen LogP contribution in [0.4, 0.5) is 11.4 Å². The maximum absolute atomic E-state index is 11.1. The summed E-state index contributed by atoms with van der Waals surface area (Å²) < 4.78 is 0. The van der Waals surface area contributed by atoms with E-state index in [0.29, 0.717) is 5.57 Å². The summed E-state index contributed by atoms with van der Waals surface area (Å²) in [7, 11) is 0. The molecule has 18 heavy (non-hydrogen) atoms. The van der Waals surface area contributed by atoms with Crippen molar-refractivity contribution in [3.05, 3.63) is 60.2 Å². The number of nitrogens with zero attached hydrogens (tertiary/aromatic N) is 1. The SMILES string of the molecule is NC1C(=C=O)c2ccccc2N1c1ccccc1. The van der Waals surface area contributed by atoms with Gasteiger partial charge in [-0.25, -0.2) is 4.79 Å². The van der Waals surface area contributed by atoms with E-state index >= 15 is 0 Å². The Morgan fingerprint density at radius 1 is 1.00 bits per heavy atom. The van der Waals surface area contributed by atoms with Gasteiger partial charge in [-0.05, 0) is 18.2 Å². The fraction of sp³-hybridized carbons (Fsp3) is 0.0667. The van der Waals surface area contributed by atoms with E-state index < -0.39 is 6.17 Å². The second-order valence-corrected chi connectivity index (χ2v) is 4.18. The maximum atomic E-state index is 11.1. The number of hydrogen-bond donors (Lipinski definition) is 1. The number of fused-ring (bicyclic) bond motifs is 1. The van der Waals surface area contributed by atoms with Crippen molar-refractivity contribution in [2.45, 2.75) is 6.17 Å². The van der Waals surface area contributed by atoms with Gasteiger partial charge in [0.25, 0.3) is 0 Å². The van der Waals surface area contributed by atoms with E-state index in [4.69, 9.17) is 5.73 Å². The molecule has 3 rings (SSSR count). The molecule has 3 nitrogen and oxygen atoms in total. The predicted octanol–water partition coefficient (Wildman–Crippen LogP) is 2.34. The number of hydrogen-bond acceptors (Lipinski definition) is 3. The lowest BCUT2D eigenvalue weighted by Gasteiger charge is -2.24. The first kappa shape index (κ1) is 10.8. The molecule has 88 valence electrons. The molecule has 0 saturated carbocycles. The molecule has 3 heteroatoms. The van der Waals surface area contributed by atoms with Crippen molar-refractivity contribution in [1.82, 2.24) is 0 Å². The molecule has 2 aromatic carbocycles. The molecule has 0 amide bonds. The van der Waals surface area contributed by atoms with Gasteiger partial charge in [0.05, 0.1) is 11.3 Å². The van der Waals surface area contributed by atoms with Gasteiger partial charge in [0, 0.05) is 11.3 Å². The standard InChI is InChI=1S/C15H12N2O/c16-15-13(10-18)12-8-4-5-9-14(12)17(15)11-6-2-1-3-7-11/h1-9,15H,16H2. The lowest BCUT2D eigenvalue weighted by Crippen LogP contribution is -2.35. The smallest absolute Gasteiger partial charge is 0.132 e. The summed E-state index contributed by atoms with van der Waals surface area (Å²) in [5.74, 6) is 1.97. The van der Waals surface area contributed by atoms with Gasteiger partial charge in [0.15, 0.2) is 0 Å². The molecule has 0 fully saturated rings. The highest BCUT2D eigenvalue weighted by Gasteiger charge is 2.32.